The van der Waals surface area contributed by atoms with Gasteiger partial charge in [-0.25, -0.2) is 9.37 Å². The van der Waals surface area contributed by atoms with Gasteiger partial charge in [0.25, 0.3) is 5.91 Å². The van der Waals surface area contributed by atoms with Crippen molar-refractivity contribution in [3.8, 4) is 0 Å². The van der Waals surface area contributed by atoms with Crippen molar-refractivity contribution in [1.82, 2.24) is 4.98 Å². The van der Waals surface area contributed by atoms with Gasteiger partial charge in [-0.1, -0.05) is 30.3 Å². The van der Waals surface area contributed by atoms with Crippen LogP contribution in [0.25, 0.3) is 0 Å². The van der Waals surface area contributed by atoms with Crippen LogP contribution in [0.3, 0.4) is 0 Å². The van der Waals surface area contributed by atoms with Gasteiger partial charge in [-0.05, 0) is 49.2 Å². The van der Waals surface area contributed by atoms with Crippen LogP contribution in [-0.2, 0) is 6.42 Å². The lowest BCUT2D eigenvalue weighted by molar-refractivity contribution is 0.102. The number of anilines is 3. The summed E-state index contributed by atoms with van der Waals surface area (Å²) in [7, 11) is 0. The molecule has 0 saturated heterocycles. The summed E-state index contributed by atoms with van der Waals surface area (Å²) in [6, 6.07) is 18.2. The number of hydrogen-bond donors (Lipinski definition) is 1. The summed E-state index contributed by atoms with van der Waals surface area (Å²) in [6.07, 6.45) is 2.67. The van der Waals surface area contributed by atoms with Gasteiger partial charge >= 0.3 is 0 Å². The van der Waals surface area contributed by atoms with Crippen LogP contribution in [0.1, 0.15) is 23.0 Å². The van der Waals surface area contributed by atoms with Crippen molar-refractivity contribution in [2.75, 3.05) is 10.2 Å². The zero-order chi connectivity index (χ0) is 18.1. The van der Waals surface area contributed by atoms with Gasteiger partial charge in [-0.2, -0.15) is 0 Å². The van der Waals surface area contributed by atoms with Crippen LogP contribution < -0.4 is 10.2 Å². The van der Waals surface area contributed by atoms with Crippen molar-refractivity contribution < 1.29 is 9.18 Å². The highest BCUT2D eigenvalue weighted by Gasteiger charge is 2.27. The van der Waals surface area contributed by atoms with Gasteiger partial charge in [0.05, 0.1) is 17.6 Å². The van der Waals surface area contributed by atoms with E-state index in [0.717, 1.165) is 12.1 Å². The topological polar surface area (TPSA) is 45.2 Å². The molecule has 1 aromatic heterocycles. The Kier molecular flexibility index (Phi) is 4.13. The fraction of sp³-hybridized carbons (Fsp3) is 0.143. The highest BCUT2D eigenvalue weighted by atomic mass is 19.1. The van der Waals surface area contributed by atoms with E-state index in [0.29, 0.717) is 6.04 Å². The zero-order valence-corrected chi connectivity index (χ0v) is 14.3. The Morgan fingerprint density at radius 1 is 1.12 bits per heavy atom. The number of carbonyl (C=O) groups excluding carboxylic acids is 1. The van der Waals surface area contributed by atoms with Gasteiger partial charge in [0.1, 0.15) is 11.5 Å². The number of fused-ring (bicyclic) bond motifs is 1. The van der Waals surface area contributed by atoms with Crippen molar-refractivity contribution in [2.45, 2.75) is 19.4 Å². The van der Waals surface area contributed by atoms with Crippen molar-refractivity contribution in [3.05, 3.63) is 83.9 Å². The third kappa shape index (κ3) is 2.92. The Balaban J connectivity index is 1.56. The molecule has 1 aliphatic heterocycles. The Labute approximate surface area is 151 Å². The van der Waals surface area contributed by atoms with Crippen LogP contribution in [0.4, 0.5) is 21.5 Å². The number of hydrogen-bond acceptors (Lipinski definition) is 3. The van der Waals surface area contributed by atoms with Gasteiger partial charge in [0.15, 0.2) is 0 Å². The van der Waals surface area contributed by atoms with Gasteiger partial charge in [-0.3, -0.25) is 4.79 Å². The predicted octanol–water partition coefficient (Wildman–Crippen LogP) is 4.56. The fourth-order valence-corrected chi connectivity index (χ4v) is 3.37. The molecule has 4 rings (SSSR count). The highest BCUT2D eigenvalue weighted by Crippen LogP contribution is 2.37. The molecule has 2 aromatic carbocycles. The smallest absolute Gasteiger partial charge is 0.274 e. The Hall–Kier alpha value is -3.21. The number of benzene rings is 2. The Morgan fingerprint density at radius 3 is 2.65 bits per heavy atom. The van der Waals surface area contributed by atoms with E-state index in [2.05, 4.69) is 34.3 Å². The molecule has 4 nitrogen and oxygen atoms in total. The summed E-state index contributed by atoms with van der Waals surface area (Å²) in [6.45, 7) is 2.17. The number of nitrogens with one attached hydrogen (secondary N) is 1. The van der Waals surface area contributed by atoms with E-state index >= 15 is 0 Å². The Morgan fingerprint density at radius 2 is 1.88 bits per heavy atom. The largest absolute Gasteiger partial charge is 0.337 e. The molecule has 2 heterocycles. The van der Waals surface area contributed by atoms with Gasteiger partial charge in [-0.15, -0.1) is 0 Å². The summed E-state index contributed by atoms with van der Waals surface area (Å²) in [5.74, 6) is -0.906. The van der Waals surface area contributed by atoms with Crippen molar-refractivity contribution in [3.63, 3.8) is 0 Å². The van der Waals surface area contributed by atoms with Crippen LogP contribution in [-0.4, -0.2) is 16.9 Å². The molecule has 1 unspecified atom stereocenters. The van der Waals surface area contributed by atoms with Gasteiger partial charge < -0.3 is 10.2 Å². The van der Waals surface area contributed by atoms with Gasteiger partial charge in [0.2, 0.25) is 0 Å². The van der Waals surface area contributed by atoms with Crippen LogP contribution in [0, 0.1) is 5.82 Å². The van der Waals surface area contributed by atoms with E-state index in [1.165, 1.54) is 23.4 Å². The third-order valence-corrected chi connectivity index (χ3v) is 4.59. The summed E-state index contributed by atoms with van der Waals surface area (Å²) >= 11 is 0. The monoisotopic (exact) mass is 347 g/mol. The molecule has 0 fully saturated rings. The molecule has 3 aromatic rings. The number of nitrogens with zero attached hydrogens (tertiary/aromatic N) is 2. The highest BCUT2D eigenvalue weighted by molar-refractivity contribution is 6.03. The predicted molar refractivity (Wildman–Crippen MR) is 100 cm³/mol. The van der Waals surface area contributed by atoms with Crippen LogP contribution in [0.5, 0.6) is 0 Å². The van der Waals surface area contributed by atoms with E-state index in [1.54, 1.807) is 24.4 Å². The van der Waals surface area contributed by atoms with Crippen molar-refractivity contribution >= 4 is 23.0 Å². The number of amides is 1. The second-order valence-corrected chi connectivity index (χ2v) is 6.39. The summed E-state index contributed by atoms with van der Waals surface area (Å²) in [5, 5.41) is 2.55. The van der Waals surface area contributed by atoms with E-state index in [4.69, 9.17) is 0 Å². The SMILES string of the molecule is CC1Cc2ccccc2N1c1ccc(C(=O)Nc2ccccc2F)nc1. The van der Waals surface area contributed by atoms with E-state index < -0.39 is 11.7 Å². The summed E-state index contributed by atoms with van der Waals surface area (Å²) < 4.78 is 13.7. The van der Waals surface area contributed by atoms with Crippen LogP contribution in [0.15, 0.2) is 66.9 Å². The van der Waals surface area contributed by atoms with Crippen LogP contribution >= 0.6 is 0 Å². The number of aromatic nitrogens is 1. The molecule has 1 aliphatic rings. The summed E-state index contributed by atoms with van der Waals surface area (Å²) in [5.41, 5.74) is 3.80. The molecule has 0 bridgehead atoms. The Bertz CT molecular complexity index is 955. The van der Waals surface area contributed by atoms with Crippen molar-refractivity contribution in [1.29, 1.82) is 0 Å². The second kappa shape index (κ2) is 6.59. The van der Waals surface area contributed by atoms with E-state index in [-0.39, 0.29) is 11.4 Å². The third-order valence-electron chi connectivity index (χ3n) is 4.59. The fourth-order valence-electron chi connectivity index (χ4n) is 3.37. The minimum atomic E-state index is -0.472. The standard InChI is InChI=1S/C21H18FN3O/c1-14-12-15-6-2-5-9-20(15)25(14)16-10-11-19(23-13-16)21(26)24-18-8-4-3-7-17(18)22/h2-11,13-14H,12H2,1H3,(H,24,26). The zero-order valence-electron chi connectivity index (χ0n) is 14.3. The average Bonchev–Trinajstić information content (AvgIpc) is 2.99. The maximum atomic E-state index is 13.7. The molecule has 0 spiro atoms. The van der Waals surface area contributed by atoms with E-state index in [9.17, 15) is 9.18 Å². The first-order chi connectivity index (χ1) is 12.6. The molecule has 26 heavy (non-hydrogen) atoms. The molecule has 0 saturated carbocycles. The molecule has 0 aliphatic carbocycles. The molecule has 130 valence electrons. The average molecular weight is 347 g/mol. The van der Waals surface area contributed by atoms with E-state index in [1.807, 2.05) is 18.2 Å². The maximum absolute atomic E-state index is 13.7. The number of pyridine rings is 1. The molecular formula is C21H18FN3O. The lowest BCUT2D eigenvalue weighted by Gasteiger charge is -2.24. The minimum absolute atomic E-state index is 0.144. The first-order valence-corrected chi connectivity index (χ1v) is 8.52. The molecule has 1 atom stereocenters. The maximum Gasteiger partial charge on any atom is 0.274 e. The number of carbonyl (C=O) groups is 1. The molecule has 1 amide bonds. The van der Waals surface area contributed by atoms with Crippen LogP contribution in [0.2, 0.25) is 0 Å². The van der Waals surface area contributed by atoms with Gasteiger partial charge in [0, 0.05) is 11.7 Å². The first-order valence-electron chi connectivity index (χ1n) is 8.52. The second-order valence-electron chi connectivity index (χ2n) is 6.39. The summed E-state index contributed by atoms with van der Waals surface area (Å²) in [4.78, 5) is 18.8. The molecule has 1 N–H and O–H groups in total. The number of rotatable bonds is 3. The molecule has 5 heteroatoms. The molecule has 0 radical (unpaired) electrons. The lowest BCUT2D eigenvalue weighted by atomic mass is 10.1. The normalized spacial score (nSPS) is 15.6. The first kappa shape index (κ1) is 16.3. The lowest BCUT2D eigenvalue weighted by Crippen LogP contribution is -2.24. The van der Waals surface area contributed by atoms with Crippen molar-refractivity contribution in [2.24, 2.45) is 0 Å². The number of halogens is 1. The number of para-hydroxylation sites is 2. The quantitative estimate of drug-likeness (QED) is 0.756. The molecular weight excluding hydrogens is 329 g/mol. The minimum Gasteiger partial charge on any atom is -0.337 e.